The van der Waals surface area contributed by atoms with E-state index in [9.17, 15) is 4.79 Å². The first-order valence-electron chi connectivity index (χ1n) is 10.9. The van der Waals surface area contributed by atoms with Crippen LogP contribution >= 0.6 is 11.6 Å². The van der Waals surface area contributed by atoms with Crippen LogP contribution < -0.4 is 4.74 Å². The number of hydrogen-bond acceptors (Lipinski definition) is 7. The van der Waals surface area contributed by atoms with Crippen LogP contribution in [0, 0.1) is 0 Å². The van der Waals surface area contributed by atoms with Crippen molar-refractivity contribution in [2.75, 3.05) is 20.2 Å². The summed E-state index contributed by atoms with van der Waals surface area (Å²) in [4.78, 5) is 18.8. The number of rotatable bonds is 7. The quantitative estimate of drug-likeness (QED) is 0.409. The molecule has 170 valence electrons. The van der Waals surface area contributed by atoms with Crippen LogP contribution in [0.4, 0.5) is 0 Å². The van der Waals surface area contributed by atoms with Gasteiger partial charge in [-0.15, -0.1) is 5.10 Å². The molecule has 3 heterocycles. The molecule has 2 aromatic carbocycles. The summed E-state index contributed by atoms with van der Waals surface area (Å²) in [5.41, 5.74) is 3.31. The van der Waals surface area contributed by atoms with E-state index in [1.54, 1.807) is 11.8 Å². The zero-order valence-electron chi connectivity index (χ0n) is 18.2. The average molecular weight is 467 g/mol. The summed E-state index contributed by atoms with van der Waals surface area (Å²) in [6.45, 7) is 2.22. The topological polar surface area (TPSA) is 99.2 Å². The number of hydrogen-bond donors (Lipinski definition) is 0. The van der Waals surface area contributed by atoms with Gasteiger partial charge in [-0.2, -0.15) is 4.98 Å². The third-order valence-corrected chi connectivity index (χ3v) is 6.10. The summed E-state index contributed by atoms with van der Waals surface area (Å²) < 4.78 is 12.4. The van der Waals surface area contributed by atoms with Gasteiger partial charge in [-0.05, 0) is 48.7 Å². The molecule has 0 aliphatic carbocycles. The van der Waals surface area contributed by atoms with Crippen LogP contribution in [0.3, 0.4) is 0 Å². The molecule has 0 unspecified atom stereocenters. The van der Waals surface area contributed by atoms with E-state index >= 15 is 0 Å². The number of benzene rings is 2. The number of fused-ring (bicyclic) bond motifs is 1. The Hall–Kier alpha value is -3.46. The Kier molecular flexibility index (Phi) is 5.95. The molecule has 0 atom stereocenters. The molecule has 2 aromatic heterocycles. The van der Waals surface area contributed by atoms with Crippen molar-refractivity contribution in [2.45, 2.75) is 32.2 Å². The second-order valence-corrected chi connectivity index (χ2v) is 8.42. The first-order valence-corrected chi connectivity index (χ1v) is 11.2. The van der Waals surface area contributed by atoms with E-state index in [0.29, 0.717) is 41.9 Å². The highest BCUT2D eigenvalue weighted by molar-refractivity contribution is 6.32. The van der Waals surface area contributed by atoms with E-state index < -0.39 is 0 Å². The molecule has 4 aromatic rings. The Labute approximate surface area is 195 Å². The monoisotopic (exact) mass is 466 g/mol. The molecule has 0 N–H and O–H groups in total. The Morgan fingerprint density at radius 1 is 1.18 bits per heavy atom. The number of carbonyl (C=O) groups is 1. The van der Waals surface area contributed by atoms with Gasteiger partial charge < -0.3 is 14.2 Å². The number of aryl methyl sites for hydroxylation is 1. The molecule has 0 saturated carbocycles. The smallest absolute Gasteiger partial charge is 0.231 e. The molecule has 1 fully saturated rings. The van der Waals surface area contributed by atoms with Gasteiger partial charge in [-0.25, -0.2) is 4.68 Å². The molecular formula is C23H23ClN6O3. The minimum absolute atomic E-state index is 0.172. The van der Waals surface area contributed by atoms with Gasteiger partial charge in [-0.1, -0.05) is 28.0 Å². The molecule has 1 amide bonds. The molecule has 5 rings (SSSR count). The largest absolute Gasteiger partial charge is 0.495 e. The Morgan fingerprint density at radius 2 is 2.03 bits per heavy atom. The van der Waals surface area contributed by atoms with E-state index in [4.69, 9.17) is 20.9 Å². The van der Waals surface area contributed by atoms with Crippen LogP contribution in [0.2, 0.25) is 5.02 Å². The highest BCUT2D eigenvalue weighted by atomic mass is 35.5. The number of nitrogens with zero attached hydrogens (tertiary/aromatic N) is 6. The predicted octanol–water partition coefficient (Wildman–Crippen LogP) is 3.75. The molecule has 1 saturated heterocycles. The standard InChI is InChI=1S/C23H23ClN6O3/c1-32-20-7-4-15(12-17(20)24)13-21-25-23(27-33-21)16-5-6-19-18(14-16)26-28-30(19)11-8-22(31)29-9-2-3-10-29/h4-7,12,14H,2-3,8-11,13H2,1H3. The fourth-order valence-corrected chi connectivity index (χ4v) is 4.32. The van der Waals surface area contributed by atoms with Crippen LogP contribution in [0.25, 0.3) is 22.4 Å². The van der Waals surface area contributed by atoms with Crippen molar-refractivity contribution in [1.29, 1.82) is 0 Å². The summed E-state index contributed by atoms with van der Waals surface area (Å²) >= 11 is 6.20. The maximum Gasteiger partial charge on any atom is 0.231 e. The van der Waals surface area contributed by atoms with E-state index in [-0.39, 0.29) is 5.91 Å². The van der Waals surface area contributed by atoms with Crippen LogP contribution in [0.1, 0.15) is 30.7 Å². The van der Waals surface area contributed by atoms with Crippen molar-refractivity contribution in [2.24, 2.45) is 0 Å². The number of carbonyl (C=O) groups excluding carboxylic acids is 1. The van der Waals surface area contributed by atoms with Crippen molar-refractivity contribution in [3.05, 3.63) is 52.9 Å². The van der Waals surface area contributed by atoms with Gasteiger partial charge in [0.15, 0.2) is 0 Å². The molecule has 10 heteroatoms. The van der Waals surface area contributed by atoms with Gasteiger partial charge in [0.1, 0.15) is 11.3 Å². The van der Waals surface area contributed by atoms with Gasteiger partial charge in [0.2, 0.25) is 17.6 Å². The minimum atomic E-state index is 0.172. The van der Waals surface area contributed by atoms with Gasteiger partial charge in [0, 0.05) is 25.1 Å². The minimum Gasteiger partial charge on any atom is -0.495 e. The summed E-state index contributed by atoms with van der Waals surface area (Å²) in [6.07, 6.45) is 3.06. The maximum absolute atomic E-state index is 12.3. The Balaban J connectivity index is 1.28. The van der Waals surface area contributed by atoms with Crippen molar-refractivity contribution in [3.8, 4) is 17.1 Å². The summed E-state index contributed by atoms with van der Waals surface area (Å²) in [6, 6.07) is 11.2. The van der Waals surface area contributed by atoms with Gasteiger partial charge in [-0.3, -0.25) is 4.79 Å². The second kappa shape index (κ2) is 9.19. The number of halogens is 1. The molecule has 1 aliphatic heterocycles. The Morgan fingerprint density at radius 3 is 2.82 bits per heavy atom. The molecule has 0 spiro atoms. The highest BCUT2D eigenvalue weighted by Gasteiger charge is 2.18. The lowest BCUT2D eigenvalue weighted by molar-refractivity contribution is -0.130. The van der Waals surface area contributed by atoms with Crippen molar-refractivity contribution in [3.63, 3.8) is 0 Å². The number of amides is 1. The molecule has 9 nitrogen and oxygen atoms in total. The Bertz CT molecular complexity index is 1290. The highest BCUT2D eigenvalue weighted by Crippen LogP contribution is 2.27. The van der Waals surface area contributed by atoms with Gasteiger partial charge in [0.25, 0.3) is 0 Å². The van der Waals surface area contributed by atoms with E-state index in [1.807, 2.05) is 41.3 Å². The molecular weight excluding hydrogens is 444 g/mol. The predicted molar refractivity (Wildman–Crippen MR) is 122 cm³/mol. The van der Waals surface area contributed by atoms with Crippen LogP contribution in [0.5, 0.6) is 5.75 Å². The first-order chi connectivity index (χ1) is 16.1. The third-order valence-electron chi connectivity index (χ3n) is 5.81. The van der Waals surface area contributed by atoms with Crippen LogP contribution in [-0.4, -0.2) is 56.1 Å². The van der Waals surface area contributed by atoms with Crippen LogP contribution in [0.15, 0.2) is 40.9 Å². The van der Waals surface area contributed by atoms with Crippen molar-refractivity contribution < 1.29 is 14.1 Å². The number of aromatic nitrogens is 5. The maximum atomic E-state index is 12.3. The number of ether oxygens (including phenoxy) is 1. The fourth-order valence-electron chi connectivity index (χ4n) is 4.04. The van der Waals surface area contributed by atoms with E-state index in [2.05, 4.69) is 20.5 Å². The second-order valence-electron chi connectivity index (χ2n) is 8.01. The first kappa shape index (κ1) is 21.4. The van der Waals surface area contributed by atoms with Gasteiger partial charge >= 0.3 is 0 Å². The molecule has 0 radical (unpaired) electrons. The van der Waals surface area contributed by atoms with Crippen molar-refractivity contribution in [1.82, 2.24) is 30.0 Å². The van der Waals surface area contributed by atoms with Crippen molar-refractivity contribution >= 4 is 28.5 Å². The third kappa shape index (κ3) is 4.54. The zero-order valence-corrected chi connectivity index (χ0v) is 19.0. The van der Waals surface area contributed by atoms with E-state index in [1.165, 1.54) is 0 Å². The normalized spacial score (nSPS) is 13.7. The number of methoxy groups -OCH3 is 1. The average Bonchev–Trinajstić information content (AvgIpc) is 3.58. The molecule has 33 heavy (non-hydrogen) atoms. The van der Waals surface area contributed by atoms with Crippen LogP contribution in [-0.2, 0) is 17.8 Å². The lowest BCUT2D eigenvalue weighted by Gasteiger charge is -2.14. The SMILES string of the molecule is COc1ccc(Cc2nc(-c3ccc4c(c3)nnn4CCC(=O)N3CCCC3)no2)cc1Cl. The zero-order chi connectivity index (χ0) is 22.8. The lowest BCUT2D eigenvalue weighted by atomic mass is 10.1. The van der Waals surface area contributed by atoms with E-state index in [0.717, 1.165) is 48.1 Å². The summed E-state index contributed by atoms with van der Waals surface area (Å²) in [7, 11) is 1.58. The molecule has 0 bridgehead atoms. The summed E-state index contributed by atoms with van der Waals surface area (Å²) in [5, 5.41) is 13.1. The molecule has 1 aliphatic rings. The summed E-state index contributed by atoms with van der Waals surface area (Å²) in [5.74, 6) is 1.75. The fraction of sp³-hybridized carbons (Fsp3) is 0.348. The van der Waals surface area contributed by atoms with Gasteiger partial charge in [0.05, 0.1) is 30.6 Å². The number of likely N-dealkylation sites (tertiary alicyclic amines) is 1. The lowest BCUT2D eigenvalue weighted by Crippen LogP contribution is -2.28.